The second-order valence-corrected chi connectivity index (χ2v) is 9.86. The maximum absolute atomic E-state index is 12.4. The molecular formula is C26H30N2O3. The number of para-hydroxylation sites is 1. The summed E-state index contributed by atoms with van der Waals surface area (Å²) in [5.74, 6) is 2.96. The lowest BCUT2D eigenvalue weighted by Crippen LogP contribution is -2.48. The molecule has 0 unspecified atom stereocenters. The van der Waals surface area contributed by atoms with Crippen LogP contribution >= 0.6 is 0 Å². The molecule has 1 N–H and O–H groups in total. The normalized spacial score (nSPS) is 28.2. The Balaban J connectivity index is 1.17. The SMILES string of the molecule is CN(CC(=O)Nc1ccc(C23CC4CC(CC(C4)C2)C3)cc1)C(=O)Oc1ccccc1. The highest BCUT2D eigenvalue weighted by Gasteiger charge is 2.51. The van der Waals surface area contributed by atoms with Crippen LogP contribution in [0.25, 0.3) is 0 Å². The largest absolute Gasteiger partial charge is 0.415 e. The fourth-order valence-electron chi connectivity index (χ4n) is 6.52. The molecule has 4 bridgehead atoms. The molecule has 6 rings (SSSR count). The first-order valence-corrected chi connectivity index (χ1v) is 11.4. The lowest BCUT2D eigenvalue weighted by Gasteiger charge is -2.57. The lowest BCUT2D eigenvalue weighted by molar-refractivity contribution is -0.116. The maximum Gasteiger partial charge on any atom is 0.415 e. The van der Waals surface area contributed by atoms with Crippen LogP contribution in [0.5, 0.6) is 5.75 Å². The van der Waals surface area contributed by atoms with Crippen LogP contribution in [0.2, 0.25) is 0 Å². The third kappa shape index (κ3) is 4.18. The van der Waals surface area contributed by atoms with Gasteiger partial charge in [-0.2, -0.15) is 0 Å². The molecule has 0 radical (unpaired) electrons. The van der Waals surface area contributed by atoms with Gasteiger partial charge in [-0.05, 0) is 91.5 Å². The van der Waals surface area contributed by atoms with Crippen LogP contribution in [0.4, 0.5) is 10.5 Å². The Labute approximate surface area is 183 Å². The van der Waals surface area contributed by atoms with E-state index in [-0.39, 0.29) is 12.5 Å². The molecule has 0 spiro atoms. The molecule has 0 saturated heterocycles. The summed E-state index contributed by atoms with van der Waals surface area (Å²) in [6, 6.07) is 17.3. The van der Waals surface area contributed by atoms with Crippen LogP contribution in [0, 0.1) is 17.8 Å². The summed E-state index contributed by atoms with van der Waals surface area (Å²) in [6.45, 7) is -0.0671. The molecule has 4 fully saturated rings. The second kappa shape index (κ2) is 8.03. The summed E-state index contributed by atoms with van der Waals surface area (Å²) in [5, 5.41) is 2.90. The topological polar surface area (TPSA) is 58.6 Å². The molecule has 162 valence electrons. The number of likely N-dealkylation sites (N-methyl/N-ethyl adjacent to an activating group) is 1. The van der Waals surface area contributed by atoms with E-state index in [1.807, 2.05) is 18.2 Å². The number of hydrogen-bond donors (Lipinski definition) is 1. The molecule has 5 heteroatoms. The smallest absolute Gasteiger partial charge is 0.410 e. The monoisotopic (exact) mass is 418 g/mol. The number of carbonyl (C=O) groups excluding carboxylic acids is 2. The van der Waals surface area contributed by atoms with Crippen molar-refractivity contribution in [3.63, 3.8) is 0 Å². The van der Waals surface area contributed by atoms with Gasteiger partial charge in [-0.25, -0.2) is 4.79 Å². The van der Waals surface area contributed by atoms with Crippen LogP contribution in [0.3, 0.4) is 0 Å². The zero-order valence-corrected chi connectivity index (χ0v) is 18.0. The van der Waals surface area contributed by atoms with E-state index < -0.39 is 6.09 Å². The van der Waals surface area contributed by atoms with Crippen molar-refractivity contribution < 1.29 is 14.3 Å². The first-order valence-electron chi connectivity index (χ1n) is 11.4. The molecule has 4 aliphatic carbocycles. The van der Waals surface area contributed by atoms with Gasteiger partial charge in [-0.3, -0.25) is 4.79 Å². The molecular weight excluding hydrogens is 388 g/mol. The average Bonchev–Trinajstić information content (AvgIpc) is 2.74. The van der Waals surface area contributed by atoms with Crippen LogP contribution < -0.4 is 10.1 Å². The highest BCUT2D eigenvalue weighted by atomic mass is 16.6. The summed E-state index contributed by atoms with van der Waals surface area (Å²) in [7, 11) is 1.56. The Morgan fingerprint density at radius 2 is 1.52 bits per heavy atom. The van der Waals surface area contributed by atoms with Crippen molar-refractivity contribution in [2.24, 2.45) is 17.8 Å². The van der Waals surface area contributed by atoms with Gasteiger partial charge >= 0.3 is 6.09 Å². The molecule has 2 amide bonds. The van der Waals surface area contributed by atoms with Crippen molar-refractivity contribution in [2.75, 3.05) is 18.9 Å². The van der Waals surface area contributed by atoms with E-state index in [0.717, 1.165) is 23.4 Å². The van der Waals surface area contributed by atoms with Crippen LogP contribution in [-0.2, 0) is 10.2 Å². The number of nitrogens with zero attached hydrogens (tertiary/aromatic N) is 1. The Kier molecular flexibility index (Phi) is 5.20. The molecule has 31 heavy (non-hydrogen) atoms. The van der Waals surface area contributed by atoms with Gasteiger partial charge in [0.15, 0.2) is 0 Å². The van der Waals surface area contributed by atoms with Crippen molar-refractivity contribution >= 4 is 17.7 Å². The zero-order chi connectivity index (χ0) is 21.4. The predicted molar refractivity (Wildman–Crippen MR) is 120 cm³/mol. The minimum atomic E-state index is -0.557. The average molecular weight is 419 g/mol. The predicted octanol–water partition coefficient (Wildman–Crippen LogP) is 5.22. The summed E-state index contributed by atoms with van der Waals surface area (Å²) in [5.41, 5.74) is 2.56. The quantitative estimate of drug-likeness (QED) is 0.724. The van der Waals surface area contributed by atoms with Crippen LogP contribution in [0.15, 0.2) is 54.6 Å². The van der Waals surface area contributed by atoms with E-state index in [9.17, 15) is 9.59 Å². The highest BCUT2D eigenvalue weighted by Crippen LogP contribution is 2.60. The van der Waals surface area contributed by atoms with E-state index in [4.69, 9.17) is 4.74 Å². The Bertz CT molecular complexity index is 919. The van der Waals surface area contributed by atoms with Crippen molar-refractivity contribution in [3.8, 4) is 5.75 Å². The fraction of sp³-hybridized carbons (Fsp3) is 0.462. The molecule has 2 aromatic carbocycles. The third-order valence-corrected chi connectivity index (χ3v) is 7.46. The number of ether oxygens (including phenoxy) is 1. The third-order valence-electron chi connectivity index (χ3n) is 7.46. The summed E-state index contributed by atoms with van der Waals surface area (Å²) < 4.78 is 5.27. The van der Waals surface area contributed by atoms with Crippen LogP contribution in [-0.4, -0.2) is 30.5 Å². The van der Waals surface area contributed by atoms with E-state index in [0.29, 0.717) is 11.2 Å². The van der Waals surface area contributed by atoms with Crippen molar-refractivity contribution in [1.82, 2.24) is 4.90 Å². The van der Waals surface area contributed by atoms with E-state index in [1.165, 1.54) is 49.0 Å². The minimum Gasteiger partial charge on any atom is -0.410 e. The number of rotatable bonds is 5. The van der Waals surface area contributed by atoms with Crippen molar-refractivity contribution in [1.29, 1.82) is 0 Å². The van der Waals surface area contributed by atoms with Gasteiger partial charge in [-0.15, -0.1) is 0 Å². The number of nitrogens with one attached hydrogen (secondary N) is 1. The first-order chi connectivity index (χ1) is 15.0. The van der Waals surface area contributed by atoms with Gasteiger partial charge in [0.1, 0.15) is 12.3 Å². The standard InChI is InChI=1S/C26H30N2O3/c1-28(25(30)31-23-5-3-2-4-6-23)17-24(29)27-22-9-7-21(8-10-22)26-14-18-11-19(15-26)13-20(12-18)16-26/h2-10,18-20H,11-17H2,1H3,(H,27,29). The second-order valence-electron chi connectivity index (χ2n) is 9.86. The van der Waals surface area contributed by atoms with E-state index >= 15 is 0 Å². The van der Waals surface area contributed by atoms with Gasteiger partial charge in [-0.1, -0.05) is 30.3 Å². The summed E-state index contributed by atoms with van der Waals surface area (Å²) in [4.78, 5) is 25.9. The molecule has 0 atom stereocenters. The number of anilines is 1. The molecule has 5 nitrogen and oxygen atoms in total. The summed E-state index contributed by atoms with van der Waals surface area (Å²) in [6.07, 6.45) is 7.75. The number of benzene rings is 2. The number of carbonyl (C=O) groups is 2. The molecule has 0 heterocycles. The van der Waals surface area contributed by atoms with Gasteiger partial charge in [0.25, 0.3) is 0 Å². The Morgan fingerprint density at radius 3 is 2.10 bits per heavy atom. The number of hydrogen-bond acceptors (Lipinski definition) is 3. The zero-order valence-electron chi connectivity index (χ0n) is 18.0. The van der Waals surface area contributed by atoms with Crippen molar-refractivity contribution in [2.45, 2.75) is 43.9 Å². The first kappa shape index (κ1) is 20.1. The van der Waals surface area contributed by atoms with E-state index in [2.05, 4.69) is 17.4 Å². The molecule has 4 aliphatic rings. The van der Waals surface area contributed by atoms with Gasteiger partial charge < -0.3 is 15.0 Å². The Hall–Kier alpha value is -2.82. The molecule has 2 aromatic rings. The fourth-order valence-corrected chi connectivity index (χ4v) is 6.52. The summed E-state index contributed by atoms with van der Waals surface area (Å²) >= 11 is 0. The Morgan fingerprint density at radius 1 is 0.935 bits per heavy atom. The highest BCUT2D eigenvalue weighted by molar-refractivity contribution is 5.93. The maximum atomic E-state index is 12.4. The molecule has 0 aliphatic heterocycles. The van der Waals surface area contributed by atoms with Crippen molar-refractivity contribution in [3.05, 3.63) is 60.2 Å². The van der Waals surface area contributed by atoms with Gasteiger partial charge in [0, 0.05) is 12.7 Å². The lowest BCUT2D eigenvalue weighted by atomic mass is 9.48. The van der Waals surface area contributed by atoms with E-state index in [1.54, 1.807) is 31.3 Å². The molecule has 4 saturated carbocycles. The van der Waals surface area contributed by atoms with Crippen LogP contribution in [0.1, 0.15) is 44.1 Å². The van der Waals surface area contributed by atoms with Gasteiger partial charge in [0.2, 0.25) is 5.91 Å². The molecule has 0 aromatic heterocycles. The number of amides is 2. The van der Waals surface area contributed by atoms with Gasteiger partial charge in [0.05, 0.1) is 0 Å². The minimum absolute atomic E-state index is 0.0671.